The van der Waals surface area contributed by atoms with E-state index in [0.29, 0.717) is 5.01 Å². The van der Waals surface area contributed by atoms with Crippen molar-refractivity contribution in [1.82, 2.24) is 4.98 Å². The molecule has 2 aliphatic rings. The average molecular weight is 447 g/mol. The number of allylic oxidation sites excluding steroid dienone is 6. The molecule has 0 unspecified atom stereocenters. The number of nitrogens with two attached hydrogens (primary N) is 1. The first-order valence-electron chi connectivity index (χ1n) is 7.05. The highest BCUT2D eigenvalue weighted by Crippen LogP contribution is 2.39. The van der Waals surface area contributed by atoms with Gasteiger partial charge in [-0.2, -0.15) is 25.3 Å². The average Bonchev–Trinajstić information content (AvgIpc) is 3.12. The highest BCUT2D eigenvalue weighted by Gasteiger charge is 2.38. The van der Waals surface area contributed by atoms with Gasteiger partial charge in [0, 0.05) is 40.4 Å². The number of thiazole rings is 1. The van der Waals surface area contributed by atoms with Gasteiger partial charge in [-0.05, 0) is 6.08 Å². The third kappa shape index (κ3) is 3.18. The van der Waals surface area contributed by atoms with Crippen LogP contribution in [0, 0.1) is 0 Å². The molecule has 0 aromatic carbocycles. The molecule has 27 heavy (non-hydrogen) atoms. The summed E-state index contributed by atoms with van der Waals surface area (Å²) in [5, 5.41) is 1.97. The zero-order valence-corrected chi connectivity index (χ0v) is 16.7. The first-order valence-corrected chi connectivity index (χ1v) is 11.2. The summed E-state index contributed by atoms with van der Waals surface area (Å²) in [6, 6.07) is 0. The van der Waals surface area contributed by atoms with Crippen molar-refractivity contribution >= 4 is 62.4 Å². The molecule has 0 radical (unpaired) electrons. The number of hydrogen-bond acceptors (Lipinski definition) is 10. The summed E-state index contributed by atoms with van der Waals surface area (Å²) in [5.74, 6) is -0.289. The molecule has 0 bridgehead atoms. The minimum Gasteiger partial charge on any atom is -0.495 e. The molecule has 0 amide bonds. The van der Waals surface area contributed by atoms with Crippen LogP contribution in [0.2, 0.25) is 0 Å². The largest absolute Gasteiger partial charge is 0.495 e. The van der Waals surface area contributed by atoms with Gasteiger partial charge in [0.2, 0.25) is 30.9 Å². The summed E-state index contributed by atoms with van der Waals surface area (Å²) < 4.78 is 75.9. The number of ether oxygens (including phenoxy) is 1. The van der Waals surface area contributed by atoms with Crippen LogP contribution in [0.4, 0.5) is 0 Å². The SMILES string of the molecule is COC1=CC2=C(C(c3nccs3)=C(N)CC2=S(=O)=O)C(=S(=O)=O)C1=S(=O)=O. The lowest BCUT2D eigenvalue weighted by Crippen LogP contribution is -2.32. The van der Waals surface area contributed by atoms with Gasteiger partial charge in [-0.25, -0.2) is 4.98 Å². The molecule has 142 valence electrons. The molecule has 1 aromatic heterocycles. The van der Waals surface area contributed by atoms with Crippen molar-refractivity contribution < 1.29 is 30.0 Å². The van der Waals surface area contributed by atoms with Crippen LogP contribution in [-0.4, -0.2) is 51.9 Å². The second-order valence-corrected chi connectivity index (χ2v) is 8.81. The van der Waals surface area contributed by atoms with E-state index in [2.05, 4.69) is 4.98 Å². The number of aromatic nitrogens is 1. The van der Waals surface area contributed by atoms with Crippen molar-refractivity contribution in [3.05, 3.63) is 45.3 Å². The summed E-state index contributed by atoms with van der Waals surface area (Å²) in [6.45, 7) is 0. The molecule has 1 aromatic rings. The molecule has 3 rings (SSSR count). The molecule has 2 N–H and O–H groups in total. The Balaban J connectivity index is 2.61. The lowest BCUT2D eigenvalue weighted by atomic mass is 9.82. The van der Waals surface area contributed by atoms with Crippen molar-refractivity contribution in [1.29, 1.82) is 0 Å². The molecule has 0 aliphatic heterocycles. The Hall–Kier alpha value is -2.48. The Morgan fingerprint density at radius 2 is 1.70 bits per heavy atom. The summed E-state index contributed by atoms with van der Waals surface area (Å²) in [4.78, 5) is 2.71. The number of nitrogens with zero attached hydrogens (tertiary/aromatic N) is 1. The predicted octanol–water partition coefficient (Wildman–Crippen LogP) is -0.788. The van der Waals surface area contributed by atoms with E-state index in [1.54, 1.807) is 5.38 Å². The Morgan fingerprint density at radius 3 is 2.19 bits per heavy atom. The molecule has 9 nitrogen and oxygen atoms in total. The van der Waals surface area contributed by atoms with E-state index in [-0.39, 0.29) is 39.5 Å². The van der Waals surface area contributed by atoms with E-state index in [4.69, 9.17) is 10.5 Å². The van der Waals surface area contributed by atoms with E-state index in [0.717, 1.165) is 18.4 Å². The zero-order valence-electron chi connectivity index (χ0n) is 13.5. The lowest BCUT2D eigenvalue weighted by molar-refractivity contribution is 0.316. The third-order valence-corrected chi connectivity index (χ3v) is 6.99. The predicted molar refractivity (Wildman–Crippen MR) is 102 cm³/mol. The van der Waals surface area contributed by atoms with Crippen LogP contribution in [0.25, 0.3) is 5.57 Å². The molecule has 0 spiro atoms. The monoisotopic (exact) mass is 446 g/mol. The van der Waals surface area contributed by atoms with Gasteiger partial charge in [0.1, 0.15) is 15.6 Å². The second-order valence-electron chi connectivity index (χ2n) is 5.20. The van der Waals surface area contributed by atoms with Crippen LogP contribution in [0.15, 0.2) is 40.3 Å². The first kappa shape index (κ1) is 19.3. The normalized spacial score (nSPS) is 16.9. The summed E-state index contributed by atoms with van der Waals surface area (Å²) in [7, 11) is -7.58. The van der Waals surface area contributed by atoms with Crippen LogP contribution >= 0.6 is 11.3 Å². The smallest absolute Gasteiger partial charge is 0.226 e. The standard InChI is InChI=1S/C14H10N2O7S4/c1-23-8-4-6-9(25(17)18)5-7(15)11(14-16-2-3-24-14)10(6)13(27(21)22)12(8)26(19)20/h2-4H,5,15H2,1H3. The fourth-order valence-electron chi connectivity index (χ4n) is 2.81. The van der Waals surface area contributed by atoms with E-state index in [9.17, 15) is 25.3 Å². The van der Waals surface area contributed by atoms with Gasteiger partial charge in [0.05, 0.1) is 12.0 Å². The molecule has 13 heteroatoms. The molecule has 0 atom stereocenters. The maximum absolute atomic E-state index is 12.0. The second kappa shape index (κ2) is 7.26. The lowest BCUT2D eigenvalue weighted by Gasteiger charge is -2.26. The van der Waals surface area contributed by atoms with E-state index in [1.165, 1.54) is 12.3 Å². The van der Waals surface area contributed by atoms with Crippen molar-refractivity contribution in [3.8, 4) is 0 Å². The quantitative estimate of drug-likeness (QED) is 0.576. The van der Waals surface area contributed by atoms with Gasteiger partial charge in [0.25, 0.3) is 0 Å². The number of hydrogen-bond donors (Lipinski definition) is 1. The molecule has 0 saturated carbocycles. The molecule has 2 aliphatic carbocycles. The Labute approximate surface area is 161 Å². The Kier molecular flexibility index (Phi) is 5.19. The molecule has 0 saturated heterocycles. The van der Waals surface area contributed by atoms with E-state index >= 15 is 0 Å². The van der Waals surface area contributed by atoms with Crippen LogP contribution in [0.5, 0.6) is 0 Å². The molecular formula is C14H10N2O7S4. The topological polar surface area (TPSA) is 151 Å². The van der Waals surface area contributed by atoms with Gasteiger partial charge in [0.15, 0.2) is 4.86 Å². The summed E-state index contributed by atoms with van der Waals surface area (Å²) in [5.41, 5.74) is 6.18. The Bertz CT molecular complexity index is 1340. The first-order chi connectivity index (χ1) is 12.8. The van der Waals surface area contributed by atoms with Gasteiger partial charge in [-0.15, -0.1) is 11.3 Å². The maximum atomic E-state index is 12.0. The van der Waals surface area contributed by atoms with Crippen molar-refractivity contribution in [3.63, 3.8) is 0 Å². The van der Waals surface area contributed by atoms with Crippen LogP contribution in [-0.2, 0) is 35.6 Å². The minimum atomic E-state index is -3.04. The van der Waals surface area contributed by atoms with Gasteiger partial charge in [-0.1, -0.05) is 0 Å². The maximum Gasteiger partial charge on any atom is 0.226 e. The van der Waals surface area contributed by atoms with E-state index in [1.807, 2.05) is 0 Å². The Morgan fingerprint density at radius 1 is 1.04 bits per heavy atom. The minimum absolute atomic E-state index is 0.00739. The molecule has 1 heterocycles. The summed E-state index contributed by atoms with van der Waals surface area (Å²) in [6.07, 6.45) is 2.48. The van der Waals surface area contributed by atoms with Crippen molar-refractivity contribution in [2.75, 3.05) is 7.11 Å². The molecule has 0 fully saturated rings. The fraction of sp³-hybridized carbons (Fsp3) is 0.143. The summed E-state index contributed by atoms with van der Waals surface area (Å²) >= 11 is 1.15. The number of methoxy groups -OCH3 is 1. The van der Waals surface area contributed by atoms with Crippen molar-refractivity contribution in [2.24, 2.45) is 5.73 Å². The fourth-order valence-corrected chi connectivity index (χ4v) is 5.75. The van der Waals surface area contributed by atoms with Gasteiger partial charge in [-0.3, -0.25) is 0 Å². The van der Waals surface area contributed by atoms with E-state index < -0.39 is 40.6 Å². The van der Waals surface area contributed by atoms with Crippen LogP contribution in [0.1, 0.15) is 11.4 Å². The molecular weight excluding hydrogens is 436 g/mol. The van der Waals surface area contributed by atoms with Crippen LogP contribution < -0.4 is 5.73 Å². The number of rotatable bonds is 2. The third-order valence-electron chi connectivity index (χ3n) is 3.82. The van der Waals surface area contributed by atoms with Crippen molar-refractivity contribution in [2.45, 2.75) is 6.42 Å². The highest BCUT2D eigenvalue weighted by molar-refractivity contribution is 7.83. The van der Waals surface area contributed by atoms with Gasteiger partial charge < -0.3 is 10.5 Å². The highest BCUT2D eigenvalue weighted by atomic mass is 32.2. The van der Waals surface area contributed by atoms with Gasteiger partial charge >= 0.3 is 0 Å². The van der Waals surface area contributed by atoms with Crippen LogP contribution in [0.3, 0.4) is 0 Å². The zero-order chi connectivity index (χ0) is 19.9.